The summed E-state index contributed by atoms with van der Waals surface area (Å²) in [5, 5.41) is 3.30. The van der Waals surface area contributed by atoms with E-state index in [0.29, 0.717) is 6.61 Å². The van der Waals surface area contributed by atoms with E-state index in [2.05, 4.69) is 46.9 Å². The molecule has 0 amide bonds. The molecule has 0 bridgehead atoms. The minimum atomic E-state index is 0.665. The van der Waals surface area contributed by atoms with Crippen molar-refractivity contribution < 1.29 is 4.74 Å². The Morgan fingerprint density at radius 3 is 2.74 bits per heavy atom. The van der Waals surface area contributed by atoms with Gasteiger partial charge in [-0.2, -0.15) is 0 Å². The Kier molecular flexibility index (Phi) is 4.22. The Morgan fingerprint density at radius 2 is 2.05 bits per heavy atom. The first-order chi connectivity index (χ1) is 9.11. The molecule has 1 aromatic carbocycles. The van der Waals surface area contributed by atoms with E-state index in [9.17, 15) is 0 Å². The summed E-state index contributed by atoms with van der Waals surface area (Å²) in [5.41, 5.74) is 4.67. The van der Waals surface area contributed by atoms with E-state index in [1.807, 2.05) is 13.1 Å². The van der Waals surface area contributed by atoms with Gasteiger partial charge in [0.1, 0.15) is 0 Å². The first kappa shape index (κ1) is 13.6. The zero-order chi connectivity index (χ0) is 13.8. The average molecular weight is 259 g/mol. The molecule has 2 aromatic rings. The van der Waals surface area contributed by atoms with Gasteiger partial charge < -0.3 is 10.1 Å². The predicted molar refractivity (Wildman–Crippen MR) is 78.1 cm³/mol. The number of imidazole rings is 1. The number of aromatic nitrogens is 2. The van der Waals surface area contributed by atoms with Gasteiger partial charge in [-0.05, 0) is 32.4 Å². The lowest BCUT2D eigenvalue weighted by Crippen LogP contribution is -2.12. The lowest BCUT2D eigenvalue weighted by Gasteiger charge is -2.12. The van der Waals surface area contributed by atoms with Crippen LogP contribution in [-0.2, 0) is 4.74 Å². The second-order valence-corrected chi connectivity index (χ2v) is 4.79. The monoisotopic (exact) mass is 259 g/mol. The van der Waals surface area contributed by atoms with Gasteiger partial charge in [-0.3, -0.25) is 4.57 Å². The van der Waals surface area contributed by atoms with Gasteiger partial charge >= 0.3 is 0 Å². The first-order valence-corrected chi connectivity index (χ1v) is 6.48. The SMILES string of the molecule is COCCNc1nc(C)cn1-c1ccc(C)cc1C. The number of benzene rings is 1. The normalized spacial score (nSPS) is 10.7. The van der Waals surface area contributed by atoms with Gasteiger partial charge in [0, 0.05) is 19.9 Å². The molecule has 0 aliphatic heterocycles. The highest BCUT2D eigenvalue weighted by atomic mass is 16.5. The largest absolute Gasteiger partial charge is 0.383 e. The third-order valence-electron chi connectivity index (χ3n) is 3.03. The number of ether oxygens (including phenoxy) is 1. The summed E-state index contributed by atoms with van der Waals surface area (Å²) in [6.07, 6.45) is 2.05. The van der Waals surface area contributed by atoms with Crippen molar-refractivity contribution in [3.63, 3.8) is 0 Å². The molecule has 4 heteroatoms. The number of methoxy groups -OCH3 is 1. The molecule has 19 heavy (non-hydrogen) atoms. The lowest BCUT2D eigenvalue weighted by atomic mass is 10.1. The Labute approximate surface area is 114 Å². The van der Waals surface area contributed by atoms with Gasteiger partial charge in [-0.1, -0.05) is 17.7 Å². The van der Waals surface area contributed by atoms with Gasteiger partial charge in [-0.15, -0.1) is 0 Å². The molecule has 0 aliphatic carbocycles. The Morgan fingerprint density at radius 1 is 1.26 bits per heavy atom. The van der Waals surface area contributed by atoms with Crippen LogP contribution < -0.4 is 5.32 Å². The molecule has 1 heterocycles. The third kappa shape index (κ3) is 3.15. The van der Waals surface area contributed by atoms with Crippen molar-refractivity contribution in [2.75, 3.05) is 25.6 Å². The van der Waals surface area contributed by atoms with Crippen molar-refractivity contribution in [2.45, 2.75) is 20.8 Å². The number of nitrogens with one attached hydrogen (secondary N) is 1. The highest BCUT2D eigenvalue weighted by Gasteiger charge is 2.09. The van der Waals surface area contributed by atoms with Crippen molar-refractivity contribution >= 4 is 5.95 Å². The van der Waals surface area contributed by atoms with E-state index in [1.54, 1.807) is 7.11 Å². The number of aryl methyl sites for hydroxylation is 3. The van der Waals surface area contributed by atoms with Crippen LogP contribution in [0, 0.1) is 20.8 Å². The van der Waals surface area contributed by atoms with Crippen molar-refractivity contribution in [2.24, 2.45) is 0 Å². The van der Waals surface area contributed by atoms with Crippen molar-refractivity contribution in [1.82, 2.24) is 9.55 Å². The summed E-state index contributed by atoms with van der Waals surface area (Å²) in [4.78, 5) is 4.52. The Hall–Kier alpha value is -1.81. The zero-order valence-corrected chi connectivity index (χ0v) is 12.0. The van der Waals surface area contributed by atoms with Gasteiger partial charge in [-0.25, -0.2) is 4.98 Å². The fourth-order valence-corrected chi connectivity index (χ4v) is 2.15. The molecule has 0 atom stereocenters. The Balaban J connectivity index is 2.32. The fraction of sp³-hybridized carbons (Fsp3) is 0.400. The molecular formula is C15H21N3O. The van der Waals surface area contributed by atoms with Crippen LogP contribution in [0.25, 0.3) is 5.69 Å². The van der Waals surface area contributed by atoms with Crippen LogP contribution in [0.2, 0.25) is 0 Å². The summed E-state index contributed by atoms with van der Waals surface area (Å²) in [6.45, 7) is 7.64. The van der Waals surface area contributed by atoms with Gasteiger partial charge in [0.25, 0.3) is 0 Å². The second kappa shape index (κ2) is 5.89. The van der Waals surface area contributed by atoms with Crippen LogP contribution in [0.15, 0.2) is 24.4 Å². The molecule has 0 fully saturated rings. The summed E-state index contributed by atoms with van der Waals surface area (Å²) in [7, 11) is 1.70. The van der Waals surface area contributed by atoms with Crippen LogP contribution in [0.1, 0.15) is 16.8 Å². The van der Waals surface area contributed by atoms with Gasteiger partial charge in [0.2, 0.25) is 5.95 Å². The van der Waals surface area contributed by atoms with E-state index < -0.39 is 0 Å². The number of hydrogen-bond donors (Lipinski definition) is 1. The van der Waals surface area contributed by atoms with Crippen LogP contribution in [0.4, 0.5) is 5.95 Å². The molecule has 1 N–H and O–H groups in total. The standard InChI is InChI=1S/C15H21N3O/c1-11-5-6-14(12(2)9-11)18-10-13(3)17-15(18)16-7-8-19-4/h5-6,9-10H,7-8H2,1-4H3,(H,16,17). The quantitative estimate of drug-likeness (QED) is 0.839. The van der Waals surface area contributed by atoms with E-state index in [4.69, 9.17) is 4.74 Å². The summed E-state index contributed by atoms with van der Waals surface area (Å²) < 4.78 is 7.15. The molecule has 0 spiro atoms. The van der Waals surface area contributed by atoms with Crippen LogP contribution in [-0.4, -0.2) is 29.8 Å². The maximum absolute atomic E-state index is 5.06. The molecule has 2 rings (SSSR count). The fourth-order valence-electron chi connectivity index (χ4n) is 2.15. The van der Waals surface area contributed by atoms with E-state index in [-0.39, 0.29) is 0 Å². The predicted octanol–water partition coefficient (Wildman–Crippen LogP) is 2.86. The number of hydrogen-bond acceptors (Lipinski definition) is 3. The maximum atomic E-state index is 5.06. The van der Waals surface area contributed by atoms with E-state index >= 15 is 0 Å². The van der Waals surface area contributed by atoms with Crippen molar-refractivity contribution in [3.8, 4) is 5.69 Å². The topological polar surface area (TPSA) is 39.1 Å². The molecular weight excluding hydrogens is 238 g/mol. The number of anilines is 1. The average Bonchev–Trinajstić information content (AvgIpc) is 2.71. The molecule has 4 nitrogen and oxygen atoms in total. The van der Waals surface area contributed by atoms with E-state index in [1.165, 1.54) is 11.1 Å². The second-order valence-electron chi connectivity index (χ2n) is 4.79. The maximum Gasteiger partial charge on any atom is 0.207 e. The highest BCUT2D eigenvalue weighted by molar-refractivity contribution is 5.48. The smallest absolute Gasteiger partial charge is 0.207 e. The molecule has 0 aliphatic rings. The summed E-state index contributed by atoms with van der Waals surface area (Å²) in [6, 6.07) is 6.44. The third-order valence-corrected chi connectivity index (χ3v) is 3.03. The summed E-state index contributed by atoms with van der Waals surface area (Å²) in [5.74, 6) is 0.863. The number of rotatable bonds is 5. The zero-order valence-electron chi connectivity index (χ0n) is 12.0. The molecule has 0 saturated heterocycles. The minimum Gasteiger partial charge on any atom is -0.383 e. The minimum absolute atomic E-state index is 0.665. The summed E-state index contributed by atoms with van der Waals surface area (Å²) >= 11 is 0. The van der Waals surface area contributed by atoms with Crippen LogP contribution in [0.5, 0.6) is 0 Å². The number of nitrogens with zero attached hydrogens (tertiary/aromatic N) is 2. The molecule has 0 radical (unpaired) electrons. The first-order valence-electron chi connectivity index (χ1n) is 6.48. The lowest BCUT2D eigenvalue weighted by molar-refractivity contribution is 0.210. The van der Waals surface area contributed by atoms with Crippen molar-refractivity contribution in [1.29, 1.82) is 0 Å². The Bertz CT molecular complexity index is 561. The van der Waals surface area contributed by atoms with Gasteiger partial charge in [0.05, 0.1) is 18.0 Å². The highest BCUT2D eigenvalue weighted by Crippen LogP contribution is 2.20. The van der Waals surface area contributed by atoms with Gasteiger partial charge in [0.15, 0.2) is 0 Å². The molecule has 1 aromatic heterocycles. The van der Waals surface area contributed by atoms with Crippen LogP contribution in [0.3, 0.4) is 0 Å². The van der Waals surface area contributed by atoms with E-state index in [0.717, 1.165) is 23.9 Å². The van der Waals surface area contributed by atoms with Crippen molar-refractivity contribution in [3.05, 3.63) is 41.2 Å². The molecule has 0 saturated carbocycles. The molecule has 0 unspecified atom stereocenters. The van der Waals surface area contributed by atoms with Crippen LogP contribution >= 0.6 is 0 Å². The molecule has 102 valence electrons.